The van der Waals surface area contributed by atoms with Gasteiger partial charge in [-0.25, -0.2) is 4.79 Å². The lowest BCUT2D eigenvalue weighted by atomic mass is 9.92. The predicted octanol–water partition coefficient (Wildman–Crippen LogP) is 3.73. The van der Waals surface area contributed by atoms with Gasteiger partial charge in [0.15, 0.2) is 0 Å². The summed E-state index contributed by atoms with van der Waals surface area (Å²) >= 11 is 0. The first-order valence-corrected chi connectivity index (χ1v) is 7.92. The van der Waals surface area contributed by atoms with Gasteiger partial charge in [0.2, 0.25) is 0 Å². The van der Waals surface area contributed by atoms with Gasteiger partial charge in [-0.2, -0.15) is 0 Å². The van der Waals surface area contributed by atoms with Gasteiger partial charge in [-0.05, 0) is 52.0 Å². The zero-order chi connectivity index (χ0) is 17.1. The number of benzene rings is 1. The Morgan fingerprint density at radius 2 is 1.86 bits per heavy atom. The fourth-order valence-electron chi connectivity index (χ4n) is 2.69. The van der Waals surface area contributed by atoms with Crippen molar-refractivity contribution >= 4 is 6.09 Å². The summed E-state index contributed by atoms with van der Waals surface area (Å²) in [5.74, 6) is 0. The van der Waals surface area contributed by atoms with Crippen molar-refractivity contribution in [1.29, 1.82) is 0 Å². The zero-order valence-electron chi connectivity index (χ0n) is 14.7. The molecule has 2 rings (SSSR count). The zero-order valence-corrected chi connectivity index (χ0v) is 13.7. The van der Waals surface area contributed by atoms with Crippen molar-refractivity contribution in [2.75, 3.05) is 0 Å². The van der Waals surface area contributed by atoms with Crippen molar-refractivity contribution < 1.29 is 16.0 Å². The van der Waals surface area contributed by atoms with Gasteiger partial charge in [0.1, 0.15) is 5.60 Å². The van der Waals surface area contributed by atoms with Crippen LogP contribution in [0.2, 0.25) is 0 Å². The van der Waals surface area contributed by atoms with E-state index in [0.717, 1.165) is 5.56 Å². The third kappa shape index (κ3) is 5.02. The van der Waals surface area contributed by atoms with E-state index in [4.69, 9.17) is 6.11 Å². The van der Waals surface area contributed by atoms with E-state index in [1.807, 2.05) is 51.1 Å². The Kier molecular flexibility index (Phi) is 4.98. The minimum Gasteiger partial charge on any atom is -0.444 e. The highest BCUT2D eigenvalue weighted by molar-refractivity contribution is 5.68. The van der Waals surface area contributed by atoms with E-state index in [2.05, 4.69) is 0 Å². The fraction of sp³-hybridized carbons (Fsp3) is 0.611. The van der Waals surface area contributed by atoms with Crippen molar-refractivity contribution in [3.8, 4) is 0 Å². The summed E-state index contributed by atoms with van der Waals surface area (Å²) in [5.41, 5.74) is 0.502. The molecule has 1 aliphatic rings. The lowest BCUT2D eigenvalue weighted by Gasteiger charge is -2.36. The highest BCUT2D eigenvalue weighted by Crippen LogP contribution is 2.26. The summed E-state index contributed by atoms with van der Waals surface area (Å²) < 4.78 is 13.3. The van der Waals surface area contributed by atoms with Crippen LogP contribution >= 0.6 is 0 Å². The molecule has 0 spiro atoms. The van der Waals surface area contributed by atoms with E-state index < -0.39 is 11.7 Å². The average molecular weight is 306 g/mol. The summed E-state index contributed by atoms with van der Waals surface area (Å²) in [5, 5.41) is 9.82. The van der Waals surface area contributed by atoms with Crippen LogP contribution in [0.25, 0.3) is 0 Å². The highest BCUT2D eigenvalue weighted by Gasteiger charge is 2.31. The Morgan fingerprint density at radius 1 is 1.27 bits per heavy atom. The van der Waals surface area contributed by atoms with Gasteiger partial charge in [0.05, 0.1) is 7.45 Å². The maximum Gasteiger partial charge on any atom is 0.410 e. The van der Waals surface area contributed by atoms with Crippen molar-refractivity contribution in [3.63, 3.8) is 0 Å². The van der Waals surface area contributed by atoms with E-state index in [9.17, 15) is 9.90 Å². The summed E-state index contributed by atoms with van der Waals surface area (Å²) in [6.45, 7) is 6.05. The monoisotopic (exact) mass is 306 g/mol. The summed E-state index contributed by atoms with van der Waals surface area (Å²) in [6.07, 6.45) is 0.306. The molecule has 1 saturated carbocycles. The van der Waals surface area contributed by atoms with Crippen LogP contribution < -0.4 is 0 Å². The fourth-order valence-corrected chi connectivity index (χ4v) is 2.69. The molecule has 1 amide bonds. The largest absolute Gasteiger partial charge is 0.444 e. The topological polar surface area (TPSA) is 49.8 Å². The molecule has 1 aromatic carbocycles. The minimum atomic E-state index is -1.36. The minimum absolute atomic E-state index is 0.00400. The van der Waals surface area contributed by atoms with Gasteiger partial charge in [-0.15, -0.1) is 0 Å². The normalized spacial score (nSPS) is 26.2. The number of aliphatic hydroxyl groups is 1. The molecule has 0 heterocycles. The Balaban J connectivity index is 2.13. The molecule has 0 radical (unpaired) electrons. The third-order valence-electron chi connectivity index (χ3n) is 3.80. The summed E-state index contributed by atoms with van der Waals surface area (Å²) in [7, 11) is 0. The van der Waals surface area contributed by atoms with Crippen molar-refractivity contribution in [3.05, 3.63) is 35.9 Å². The van der Waals surface area contributed by atoms with Gasteiger partial charge >= 0.3 is 6.09 Å². The number of hydrogen-bond donors (Lipinski definition) is 1. The molecule has 0 aromatic heterocycles. The first-order chi connectivity index (χ1) is 10.7. The predicted molar refractivity (Wildman–Crippen MR) is 86.5 cm³/mol. The van der Waals surface area contributed by atoms with Crippen LogP contribution in [0.15, 0.2) is 30.3 Å². The molecule has 0 aliphatic heterocycles. The van der Waals surface area contributed by atoms with Gasteiger partial charge in [0.25, 0.3) is 0 Å². The maximum absolute atomic E-state index is 12.6. The molecule has 1 aliphatic carbocycles. The smallest absolute Gasteiger partial charge is 0.410 e. The molecule has 4 nitrogen and oxygen atoms in total. The van der Waals surface area contributed by atoms with E-state index in [1.54, 1.807) is 4.90 Å². The van der Waals surface area contributed by atoms with E-state index in [0.29, 0.717) is 32.2 Å². The van der Waals surface area contributed by atoms with Crippen LogP contribution in [0, 0.1) is 0 Å². The lowest BCUT2D eigenvalue weighted by molar-refractivity contribution is 0.00270. The number of carbonyl (C=O) groups is 1. The second-order valence-electron chi connectivity index (χ2n) is 6.89. The van der Waals surface area contributed by atoms with E-state index in [-0.39, 0.29) is 12.1 Å². The number of carbonyl (C=O) groups excluding carboxylic acids is 1. The molecule has 22 heavy (non-hydrogen) atoms. The van der Waals surface area contributed by atoms with Crippen molar-refractivity contribution in [2.45, 2.75) is 70.7 Å². The van der Waals surface area contributed by atoms with Crippen molar-refractivity contribution in [2.24, 2.45) is 0 Å². The molecule has 4 heteroatoms. The van der Waals surface area contributed by atoms with E-state index in [1.165, 1.54) is 0 Å². The van der Waals surface area contributed by atoms with E-state index >= 15 is 0 Å². The number of rotatable bonds is 3. The molecule has 1 N–H and O–H groups in total. The number of nitrogens with zero attached hydrogens (tertiary/aromatic N) is 1. The standard InChI is InChI=1S/C18H27NO3/c1-18(2,3)22-17(21)19(13-14-7-5-4-6-8-14)15-9-11-16(20)12-10-15/h4-8,15-16,20H,9-13H2,1-3H3/t15-,16-/i16D. The molecule has 1 aromatic rings. The van der Waals surface area contributed by atoms with Crippen LogP contribution in [0.3, 0.4) is 0 Å². The summed E-state index contributed by atoms with van der Waals surface area (Å²) in [4.78, 5) is 14.4. The van der Waals surface area contributed by atoms with Gasteiger partial charge < -0.3 is 14.7 Å². The molecule has 0 saturated heterocycles. The SMILES string of the molecule is [2H][C@]1(O)CC[C@H](N(Cc2ccccc2)C(=O)OC(C)(C)C)CC1. The molecule has 1 fully saturated rings. The Labute approximate surface area is 134 Å². The molecular weight excluding hydrogens is 278 g/mol. The van der Waals surface area contributed by atoms with Gasteiger partial charge in [0, 0.05) is 12.6 Å². The van der Waals surface area contributed by atoms with Crippen LogP contribution in [0.4, 0.5) is 4.79 Å². The quantitative estimate of drug-likeness (QED) is 0.925. The number of hydrogen-bond acceptors (Lipinski definition) is 3. The molecule has 0 bridgehead atoms. The van der Waals surface area contributed by atoms with Crippen molar-refractivity contribution in [1.82, 2.24) is 4.90 Å². The number of amides is 1. The summed E-state index contributed by atoms with van der Waals surface area (Å²) in [6, 6.07) is 9.82. The third-order valence-corrected chi connectivity index (χ3v) is 3.80. The average Bonchev–Trinajstić information content (AvgIpc) is 2.44. The maximum atomic E-state index is 12.6. The Hall–Kier alpha value is -1.55. The van der Waals surface area contributed by atoms with Gasteiger partial charge in [-0.3, -0.25) is 0 Å². The molecule has 122 valence electrons. The van der Waals surface area contributed by atoms with Crippen LogP contribution in [-0.2, 0) is 11.3 Å². The van der Waals surface area contributed by atoms with Crippen LogP contribution in [0.1, 0.15) is 53.4 Å². The molecular formula is C18H27NO3. The van der Waals surface area contributed by atoms with Gasteiger partial charge in [-0.1, -0.05) is 30.3 Å². The highest BCUT2D eigenvalue weighted by atomic mass is 16.6. The molecule has 0 unspecified atom stereocenters. The Morgan fingerprint density at radius 3 is 2.41 bits per heavy atom. The Bertz CT molecular complexity index is 515. The number of ether oxygens (including phenoxy) is 1. The second kappa shape index (κ2) is 7.14. The second-order valence-corrected chi connectivity index (χ2v) is 6.89. The lowest BCUT2D eigenvalue weighted by Crippen LogP contribution is -2.45. The molecule has 0 atom stereocenters. The van der Waals surface area contributed by atoms with Crippen LogP contribution in [-0.4, -0.2) is 33.8 Å². The first-order valence-electron chi connectivity index (χ1n) is 8.42. The van der Waals surface area contributed by atoms with Crippen LogP contribution in [0.5, 0.6) is 0 Å². The first kappa shape index (κ1) is 15.3.